The van der Waals surface area contributed by atoms with Crippen LogP contribution in [0, 0.1) is 0 Å². The van der Waals surface area contributed by atoms with Gasteiger partial charge in [0.2, 0.25) is 0 Å². The Morgan fingerprint density at radius 1 is 1.35 bits per heavy atom. The number of hydrogen-bond donors (Lipinski definition) is 0. The predicted octanol–water partition coefficient (Wildman–Crippen LogP) is 3.81. The molecule has 5 heteroatoms. The first-order valence-corrected chi connectivity index (χ1v) is 8.18. The van der Waals surface area contributed by atoms with Gasteiger partial charge in [-0.1, -0.05) is 27.7 Å². The van der Waals surface area contributed by atoms with E-state index in [1.54, 1.807) is 13.1 Å². The number of carbonyl (C=O) groups is 1. The Morgan fingerprint density at radius 3 is 2.60 bits per heavy atom. The lowest BCUT2D eigenvalue weighted by molar-refractivity contribution is 0.0523. The van der Waals surface area contributed by atoms with Gasteiger partial charge in [0.15, 0.2) is 0 Å². The third-order valence-corrected chi connectivity index (χ3v) is 4.31. The lowest BCUT2D eigenvalue weighted by Gasteiger charge is -2.13. The van der Waals surface area contributed by atoms with Crippen molar-refractivity contribution in [2.75, 3.05) is 6.61 Å². The third-order valence-electron chi connectivity index (χ3n) is 2.98. The first-order valence-electron chi connectivity index (χ1n) is 7.14. The summed E-state index contributed by atoms with van der Waals surface area (Å²) in [4.78, 5) is 20.7. The van der Waals surface area contributed by atoms with Crippen LogP contribution in [-0.2, 0) is 10.5 Å². The van der Waals surface area contributed by atoms with Gasteiger partial charge in [0.1, 0.15) is 5.82 Å². The van der Waals surface area contributed by atoms with Crippen molar-refractivity contribution in [1.29, 1.82) is 0 Å². The molecule has 0 aromatic carbocycles. The standard InChI is InChI=1S/C15H24N2O2S/c1-6-11(5)20-9-13-16-8-12(15(18)19-7-2)14(17-13)10(3)4/h8,10-11H,6-7,9H2,1-5H3. The number of carbonyl (C=O) groups excluding carboxylic acids is 1. The fourth-order valence-electron chi connectivity index (χ4n) is 1.64. The van der Waals surface area contributed by atoms with E-state index in [9.17, 15) is 4.79 Å². The molecule has 1 aromatic rings. The van der Waals surface area contributed by atoms with Crippen molar-refractivity contribution in [3.63, 3.8) is 0 Å². The minimum absolute atomic E-state index is 0.171. The van der Waals surface area contributed by atoms with Crippen LogP contribution in [0.15, 0.2) is 6.20 Å². The molecule has 0 radical (unpaired) electrons. The minimum Gasteiger partial charge on any atom is -0.462 e. The Balaban J connectivity index is 2.92. The van der Waals surface area contributed by atoms with Crippen LogP contribution in [0.5, 0.6) is 0 Å². The number of rotatable bonds is 7. The molecule has 20 heavy (non-hydrogen) atoms. The van der Waals surface area contributed by atoms with Gasteiger partial charge >= 0.3 is 5.97 Å². The van der Waals surface area contributed by atoms with Gasteiger partial charge in [-0.05, 0) is 19.3 Å². The number of thioether (sulfide) groups is 1. The van der Waals surface area contributed by atoms with E-state index < -0.39 is 0 Å². The van der Waals surface area contributed by atoms with Crippen LogP contribution < -0.4 is 0 Å². The van der Waals surface area contributed by atoms with E-state index in [0.29, 0.717) is 17.4 Å². The highest BCUT2D eigenvalue weighted by Gasteiger charge is 2.18. The Hall–Kier alpha value is -1.10. The molecule has 1 aromatic heterocycles. The maximum Gasteiger partial charge on any atom is 0.341 e. The average Bonchev–Trinajstić information content (AvgIpc) is 2.44. The Labute approximate surface area is 125 Å². The molecule has 0 N–H and O–H groups in total. The highest BCUT2D eigenvalue weighted by atomic mass is 32.2. The van der Waals surface area contributed by atoms with Crippen molar-refractivity contribution in [3.05, 3.63) is 23.3 Å². The van der Waals surface area contributed by atoms with Gasteiger partial charge < -0.3 is 4.74 Å². The van der Waals surface area contributed by atoms with Crippen LogP contribution in [0.3, 0.4) is 0 Å². The summed E-state index contributed by atoms with van der Waals surface area (Å²) in [6.45, 7) is 10.6. The van der Waals surface area contributed by atoms with E-state index in [2.05, 4.69) is 23.8 Å². The van der Waals surface area contributed by atoms with E-state index in [0.717, 1.165) is 23.7 Å². The third kappa shape index (κ3) is 4.78. The average molecular weight is 296 g/mol. The number of aromatic nitrogens is 2. The van der Waals surface area contributed by atoms with Gasteiger partial charge in [-0.25, -0.2) is 14.8 Å². The van der Waals surface area contributed by atoms with Crippen LogP contribution in [0.2, 0.25) is 0 Å². The minimum atomic E-state index is -0.336. The second kappa shape index (κ2) is 8.25. The first-order chi connectivity index (χ1) is 9.49. The summed E-state index contributed by atoms with van der Waals surface area (Å²) < 4.78 is 5.05. The number of esters is 1. The summed E-state index contributed by atoms with van der Waals surface area (Å²) in [5, 5.41) is 0.589. The van der Waals surface area contributed by atoms with E-state index in [1.165, 1.54) is 0 Å². The van der Waals surface area contributed by atoms with Crippen LogP contribution in [-0.4, -0.2) is 27.8 Å². The molecule has 4 nitrogen and oxygen atoms in total. The van der Waals surface area contributed by atoms with Gasteiger partial charge in [-0.3, -0.25) is 0 Å². The zero-order chi connectivity index (χ0) is 15.1. The fourth-order valence-corrected chi connectivity index (χ4v) is 2.45. The molecule has 0 bridgehead atoms. The molecule has 112 valence electrons. The molecule has 0 aliphatic heterocycles. The molecule has 0 saturated heterocycles. The van der Waals surface area contributed by atoms with Gasteiger partial charge in [-0.15, -0.1) is 0 Å². The van der Waals surface area contributed by atoms with Gasteiger partial charge in [0.25, 0.3) is 0 Å². The molecule has 1 rings (SSSR count). The Morgan fingerprint density at radius 2 is 2.05 bits per heavy atom. The van der Waals surface area contributed by atoms with E-state index >= 15 is 0 Å². The van der Waals surface area contributed by atoms with Crippen molar-refractivity contribution in [1.82, 2.24) is 9.97 Å². The molecule has 1 heterocycles. The summed E-state index contributed by atoms with van der Waals surface area (Å²) in [7, 11) is 0. The second-order valence-corrected chi connectivity index (χ2v) is 6.42. The van der Waals surface area contributed by atoms with E-state index in [1.807, 2.05) is 25.6 Å². The maximum absolute atomic E-state index is 11.9. The van der Waals surface area contributed by atoms with Crippen LogP contribution in [0.1, 0.15) is 68.8 Å². The molecule has 0 aliphatic rings. The zero-order valence-corrected chi connectivity index (χ0v) is 13.8. The van der Waals surface area contributed by atoms with Crippen molar-refractivity contribution in [3.8, 4) is 0 Å². The fraction of sp³-hybridized carbons (Fsp3) is 0.667. The summed E-state index contributed by atoms with van der Waals surface area (Å²) in [5.41, 5.74) is 1.26. The molecular formula is C15H24N2O2S. The quantitative estimate of drug-likeness (QED) is 0.716. The zero-order valence-electron chi connectivity index (χ0n) is 13.0. The predicted molar refractivity (Wildman–Crippen MR) is 83.1 cm³/mol. The summed E-state index contributed by atoms with van der Waals surface area (Å²) >= 11 is 1.83. The SMILES string of the molecule is CCOC(=O)c1cnc(CSC(C)CC)nc1C(C)C. The lowest BCUT2D eigenvalue weighted by Crippen LogP contribution is -2.13. The van der Waals surface area contributed by atoms with Gasteiger partial charge in [-0.2, -0.15) is 11.8 Å². The maximum atomic E-state index is 11.9. The first kappa shape index (κ1) is 17.0. The van der Waals surface area contributed by atoms with E-state index in [4.69, 9.17) is 4.74 Å². The van der Waals surface area contributed by atoms with Crippen molar-refractivity contribution in [2.45, 2.75) is 58.0 Å². The molecule has 1 unspecified atom stereocenters. The second-order valence-electron chi connectivity index (χ2n) is 4.99. The molecule has 0 aliphatic carbocycles. The van der Waals surface area contributed by atoms with Crippen LogP contribution >= 0.6 is 11.8 Å². The number of hydrogen-bond acceptors (Lipinski definition) is 5. The smallest absolute Gasteiger partial charge is 0.341 e. The topological polar surface area (TPSA) is 52.1 Å². The molecule has 0 saturated carbocycles. The largest absolute Gasteiger partial charge is 0.462 e. The van der Waals surface area contributed by atoms with Gasteiger partial charge in [0.05, 0.1) is 23.6 Å². The highest BCUT2D eigenvalue weighted by Crippen LogP contribution is 2.21. The summed E-state index contributed by atoms with van der Waals surface area (Å²) in [5.74, 6) is 1.40. The monoisotopic (exact) mass is 296 g/mol. The van der Waals surface area contributed by atoms with Crippen molar-refractivity contribution >= 4 is 17.7 Å². The molecule has 1 atom stereocenters. The Bertz CT molecular complexity index is 449. The Kier molecular flexibility index (Phi) is 6.99. The molecule has 0 fully saturated rings. The molecular weight excluding hydrogens is 272 g/mol. The summed E-state index contributed by atoms with van der Waals surface area (Å²) in [6, 6.07) is 0. The van der Waals surface area contributed by atoms with Crippen LogP contribution in [0.4, 0.5) is 0 Å². The van der Waals surface area contributed by atoms with Gasteiger partial charge in [0, 0.05) is 11.4 Å². The number of nitrogens with zero attached hydrogens (tertiary/aromatic N) is 2. The lowest BCUT2D eigenvalue weighted by atomic mass is 10.1. The van der Waals surface area contributed by atoms with E-state index in [-0.39, 0.29) is 11.9 Å². The normalized spacial score (nSPS) is 12.5. The van der Waals surface area contributed by atoms with Crippen molar-refractivity contribution in [2.24, 2.45) is 0 Å². The highest BCUT2D eigenvalue weighted by molar-refractivity contribution is 7.99. The molecule has 0 spiro atoms. The summed E-state index contributed by atoms with van der Waals surface area (Å²) in [6.07, 6.45) is 2.73. The number of ether oxygens (including phenoxy) is 1. The van der Waals surface area contributed by atoms with Crippen LogP contribution in [0.25, 0.3) is 0 Å². The molecule has 0 amide bonds. The van der Waals surface area contributed by atoms with Crippen molar-refractivity contribution < 1.29 is 9.53 Å².